The van der Waals surface area contributed by atoms with Crippen molar-refractivity contribution in [1.29, 1.82) is 0 Å². The largest absolute Gasteiger partial charge is 0.455 e. The Morgan fingerprint density at radius 2 is 0.840 bits per heavy atom. The summed E-state index contributed by atoms with van der Waals surface area (Å²) >= 11 is 1.90. The quantitative estimate of drug-likeness (QED) is 0.170. The van der Waals surface area contributed by atoms with Gasteiger partial charge < -0.3 is 4.42 Å². The fraction of sp³-hybridized carbons (Fsp3) is 0. The minimum atomic E-state index is 0.939. The number of fused-ring (bicyclic) bond motifs is 10. The lowest BCUT2D eigenvalue weighted by Crippen LogP contribution is -1.89. The van der Waals surface area contributed by atoms with Crippen LogP contribution in [0.25, 0.3) is 118 Å². The summed E-state index contributed by atoms with van der Waals surface area (Å²) in [6.07, 6.45) is 0. The minimum Gasteiger partial charge on any atom is -0.455 e. The Labute approximate surface area is 290 Å². The third kappa shape index (κ3) is 3.46. The van der Waals surface area contributed by atoms with Crippen LogP contribution in [0.1, 0.15) is 0 Å². The van der Waals surface area contributed by atoms with Crippen LogP contribution in [0.3, 0.4) is 0 Å². The molecule has 10 aromatic carbocycles. The molecule has 0 saturated carbocycles. The Bertz CT molecular complexity index is 3360. The van der Waals surface area contributed by atoms with Gasteiger partial charge in [-0.25, -0.2) is 0 Å². The van der Waals surface area contributed by atoms with E-state index in [0.717, 1.165) is 27.5 Å². The molecule has 0 aliphatic rings. The Hall–Kier alpha value is -6.22. The lowest BCUT2D eigenvalue weighted by Gasteiger charge is -2.15. The van der Waals surface area contributed by atoms with Gasteiger partial charge in [0.05, 0.1) is 0 Å². The summed E-state index contributed by atoms with van der Waals surface area (Å²) in [6.45, 7) is 0. The smallest absolute Gasteiger partial charge is 0.143 e. The summed E-state index contributed by atoms with van der Waals surface area (Å²) in [6, 6.07) is 58.1. The lowest BCUT2D eigenvalue weighted by atomic mass is 9.87. The molecule has 0 fully saturated rings. The van der Waals surface area contributed by atoms with E-state index in [4.69, 9.17) is 4.42 Å². The highest BCUT2D eigenvalue weighted by Gasteiger charge is 2.22. The first kappa shape index (κ1) is 26.7. The monoisotopic (exact) mass is 650 g/mol. The van der Waals surface area contributed by atoms with E-state index >= 15 is 0 Å². The molecule has 1 nitrogen and oxygen atoms in total. The summed E-state index contributed by atoms with van der Waals surface area (Å²) in [5, 5.41) is 17.6. The van der Waals surface area contributed by atoms with Gasteiger partial charge in [0.1, 0.15) is 11.2 Å². The van der Waals surface area contributed by atoms with Crippen LogP contribution in [0.2, 0.25) is 0 Å². The summed E-state index contributed by atoms with van der Waals surface area (Å²) in [7, 11) is 0. The van der Waals surface area contributed by atoms with Crippen molar-refractivity contribution in [1.82, 2.24) is 0 Å². The van der Waals surface area contributed by atoms with Crippen LogP contribution in [0.15, 0.2) is 162 Å². The molecule has 12 rings (SSSR count). The van der Waals surface area contributed by atoms with Crippen LogP contribution < -0.4 is 0 Å². The van der Waals surface area contributed by atoms with E-state index in [9.17, 15) is 0 Å². The van der Waals surface area contributed by atoms with E-state index in [2.05, 4.69) is 158 Å². The molecule has 0 bridgehead atoms. The summed E-state index contributed by atoms with van der Waals surface area (Å²) in [4.78, 5) is 0. The minimum absolute atomic E-state index is 0.939. The zero-order chi connectivity index (χ0) is 32.5. The molecular weight excluding hydrogens is 625 g/mol. The maximum atomic E-state index is 7.14. The van der Waals surface area contributed by atoms with E-state index in [-0.39, 0.29) is 0 Å². The number of rotatable bonds is 2. The van der Waals surface area contributed by atoms with E-state index in [1.54, 1.807) is 0 Å². The molecule has 0 unspecified atom stereocenters. The molecule has 50 heavy (non-hydrogen) atoms. The summed E-state index contributed by atoms with van der Waals surface area (Å²) in [5.74, 6) is 0. The molecule has 0 aliphatic heterocycles. The molecule has 0 amide bonds. The van der Waals surface area contributed by atoms with Crippen molar-refractivity contribution in [2.45, 2.75) is 0 Å². The molecule has 2 aromatic heterocycles. The van der Waals surface area contributed by atoms with Crippen LogP contribution in [0.5, 0.6) is 0 Å². The molecule has 230 valence electrons. The second-order valence-corrected chi connectivity index (χ2v) is 14.6. The SMILES string of the molecule is c1ccc2c(c1)ccc1c2oc2c(-c3cccc4c3sc3c5ccccc5ccc43)ccc(-c3ccc4ccc5cccc6ccc3c4c56)c21. The van der Waals surface area contributed by atoms with Gasteiger partial charge in [-0.2, -0.15) is 0 Å². The molecule has 0 radical (unpaired) electrons. The summed E-state index contributed by atoms with van der Waals surface area (Å²) in [5.41, 5.74) is 6.65. The van der Waals surface area contributed by atoms with Gasteiger partial charge in [0.2, 0.25) is 0 Å². The third-order valence-corrected chi connectivity index (χ3v) is 12.3. The Kier molecular flexibility index (Phi) is 5.18. The van der Waals surface area contributed by atoms with Crippen molar-refractivity contribution in [3.05, 3.63) is 158 Å². The zero-order valence-electron chi connectivity index (χ0n) is 26.8. The molecule has 0 N–H and O–H groups in total. The molecular formula is C48H26OS. The Morgan fingerprint density at radius 3 is 1.70 bits per heavy atom. The number of thiophene rings is 1. The van der Waals surface area contributed by atoms with Crippen molar-refractivity contribution in [2.24, 2.45) is 0 Å². The topological polar surface area (TPSA) is 13.1 Å². The fourth-order valence-corrected chi connectivity index (χ4v) is 10.1. The van der Waals surface area contributed by atoms with Crippen LogP contribution in [-0.4, -0.2) is 0 Å². The number of hydrogen-bond donors (Lipinski definition) is 0. The molecule has 0 saturated heterocycles. The molecule has 0 aliphatic carbocycles. The highest BCUT2D eigenvalue weighted by molar-refractivity contribution is 7.27. The molecule has 0 atom stereocenters. The van der Waals surface area contributed by atoms with Crippen molar-refractivity contribution in [3.8, 4) is 22.3 Å². The van der Waals surface area contributed by atoms with Crippen molar-refractivity contribution >= 4 is 107 Å². The van der Waals surface area contributed by atoms with Gasteiger partial charge in [0.15, 0.2) is 0 Å². The second kappa shape index (κ2) is 9.69. The Morgan fingerprint density at radius 1 is 0.280 bits per heavy atom. The fourth-order valence-electron chi connectivity index (χ4n) is 8.75. The van der Waals surface area contributed by atoms with Gasteiger partial charge in [-0.1, -0.05) is 146 Å². The van der Waals surface area contributed by atoms with Gasteiger partial charge >= 0.3 is 0 Å². The highest BCUT2D eigenvalue weighted by atomic mass is 32.1. The van der Waals surface area contributed by atoms with Gasteiger partial charge in [0, 0.05) is 47.5 Å². The van der Waals surface area contributed by atoms with Crippen molar-refractivity contribution in [3.63, 3.8) is 0 Å². The predicted octanol–water partition coefficient (Wildman–Crippen LogP) is 14.5. The lowest BCUT2D eigenvalue weighted by molar-refractivity contribution is 0.674. The van der Waals surface area contributed by atoms with Crippen molar-refractivity contribution < 1.29 is 4.42 Å². The standard InChI is InChI=1S/C48H26OS/c1-3-11-32-27(7-1)18-24-41-44-36(34-21-19-31-16-15-29-9-5-10-30-20-22-35(34)43(31)42(29)30)25-26-37(46(44)49-45(32)41)38-13-6-14-39-40-23-17-28-8-2-4-12-33(28)47(40)50-48(38)39/h1-26H. The van der Waals surface area contributed by atoms with Gasteiger partial charge in [-0.15, -0.1) is 11.3 Å². The van der Waals surface area contributed by atoms with E-state index in [1.165, 1.54) is 90.7 Å². The predicted molar refractivity (Wildman–Crippen MR) is 216 cm³/mol. The summed E-state index contributed by atoms with van der Waals surface area (Å²) < 4.78 is 9.76. The maximum Gasteiger partial charge on any atom is 0.143 e. The molecule has 0 spiro atoms. The number of benzene rings is 10. The highest BCUT2D eigenvalue weighted by Crippen LogP contribution is 2.49. The first-order valence-corrected chi connectivity index (χ1v) is 18.0. The van der Waals surface area contributed by atoms with Crippen LogP contribution in [0.4, 0.5) is 0 Å². The van der Waals surface area contributed by atoms with E-state index < -0.39 is 0 Å². The average molecular weight is 651 g/mol. The number of hydrogen-bond acceptors (Lipinski definition) is 2. The first-order valence-electron chi connectivity index (χ1n) is 17.2. The van der Waals surface area contributed by atoms with Crippen molar-refractivity contribution in [2.75, 3.05) is 0 Å². The van der Waals surface area contributed by atoms with Gasteiger partial charge in [-0.05, 0) is 71.7 Å². The molecule has 12 aromatic rings. The Balaban J connectivity index is 1.22. The second-order valence-electron chi connectivity index (χ2n) is 13.5. The van der Waals surface area contributed by atoms with Gasteiger partial charge in [-0.3, -0.25) is 0 Å². The van der Waals surface area contributed by atoms with E-state index in [1.807, 2.05) is 11.3 Å². The normalized spacial score (nSPS) is 12.4. The van der Waals surface area contributed by atoms with E-state index in [0.29, 0.717) is 0 Å². The number of furan rings is 1. The first-order chi connectivity index (χ1) is 24.8. The molecule has 2 heteroatoms. The van der Waals surface area contributed by atoms with Crippen LogP contribution >= 0.6 is 11.3 Å². The van der Waals surface area contributed by atoms with Gasteiger partial charge in [0.25, 0.3) is 0 Å². The molecule has 2 heterocycles. The average Bonchev–Trinajstić information content (AvgIpc) is 3.77. The zero-order valence-corrected chi connectivity index (χ0v) is 27.6. The van der Waals surface area contributed by atoms with Crippen LogP contribution in [-0.2, 0) is 0 Å². The third-order valence-electron chi connectivity index (χ3n) is 11.0. The van der Waals surface area contributed by atoms with Crippen LogP contribution in [0, 0.1) is 0 Å². The maximum absolute atomic E-state index is 7.14.